The van der Waals surface area contributed by atoms with E-state index in [4.69, 9.17) is 9.47 Å². The first kappa shape index (κ1) is 19.7. The Morgan fingerprint density at radius 2 is 1.77 bits per heavy atom. The third-order valence-corrected chi connectivity index (χ3v) is 3.79. The molecule has 2 aromatic rings. The molecule has 0 aliphatic heterocycles. The second-order valence-corrected chi connectivity index (χ2v) is 6.51. The van der Waals surface area contributed by atoms with Crippen LogP contribution in [0.2, 0.25) is 0 Å². The van der Waals surface area contributed by atoms with E-state index >= 15 is 0 Å². The molecule has 2 amide bonds. The Hall–Kier alpha value is -2.60. The van der Waals surface area contributed by atoms with Crippen molar-refractivity contribution in [3.8, 4) is 5.88 Å². The third-order valence-electron chi connectivity index (χ3n) is 3.79. The quantitative estimate of drug-likeness (QED) is 0.761. The molecule has 0 aliphatic carbocycles. The Bertz CT molecular complexity index is 747. The van der Waals surface area contributed by atoms with Crippen LogP contribution < -0.4 is 15.4 Å². The molecule has 2 rings (SSSR count). The zero-order valence-corrected chi connectivity index (χ0v) is 16.0. The number of amides is 2. The van der Waals surface area contributed by atoms with Crippen molar-refractivity contribution in [2.24, 2.45) is 0 Å². The summed E-state index contributed by atoms with van der Waals surface area (Å²) in [6.07, 6.45) is -0.181. The molecule has 1 atom stereocenters. The fourth-order valence-electron chi connectivity index (χ4n) is 2.57. The highest BCUT2D eigenvalue weighted by Gasteiger charge is 2.14. The van der Waals surface area contributed by atoms with Crippen molar-refractivity contribution in [1.82, 2.24) is 4.98 Å². The maximum Gasteiger partial charge on any atom is 0.323 e. The summed E-state index contributed by atoms with van der Waals surface area (Å²) in [5, 5.41) is 5.72. The van der Waals surface area contributed by atoms with Crippen molar-refractivity contribution >= 4 is 17.4 Å². The minimum atomic E-state index is -0.340. The van der Waals surface area contributed by atoms with Gasteiger partial charge < -0.3 is 20.1 Å². The van der Waals surface area contributed by atoms with Crippen LogP contribution in [0.15, 0.2) is 36.4 Å². The van der Waals surface area contributed by atoms with Crippen LogP contribution in [0.5, 0.6) is 5.88 Å². The van der Waals surface area contributed by atoms with Gasteiger partial charge in [-0.05, 0) is 43.5 Å². The summed E-state index contributed by atoms with van der Waals surface area (Å²) in [6.45, 7) is 8.37. The lowest BCUT2D eigenvalue weighted by molar-refractivity contribution is 0.0894. The van der Waals surface area contributed by atoms with Crippen molar-refractivity contribution in [3.63, 3.8) is 0 Å². The molecule has 6 nitrogen and oxygen atoms in total. The SMILES string of the molecule is COCC(C)Oc1nc(C)ccc1NC(=O)Nc1ccccc1C(C)C. The number of hydrogen-bond acceptors (Lipinski definition) is 4. The maximum absolute atomic E-state index is 12.5. The van der Waals surface area contributed by atoms with Gasteiger partial charge in [-0.1, -0.05) is 32.0 Å². The van der Waals surface area contributed by atoms with Gasteiger partial charge in [-0.25, -0.2) is 9.78 Å². The number of hydrogen-bond donors (Lipinski definition) is 2. The summed E-state index contributed by atoms with van der Waals surface area (Å²) < 4.78 is 10.9. The normalized spacial score (nSPS) is 11.9. The number of ether oxygens (including phenoxy) is 2. The van der Waals surface area contributed by atoms with Gasteiger partial charge in [0.15, 0.2) is 0 Å². The number of nitrogens with zero attached hydrogens (tertiary/aromatic N) is 1. The summed E-state index contributed by atoms with van der Waals surface area (Å²) >= 11 is 0. The molecule has 1 heterocycles. The van der Waals surface area contributed by atoms with Gasteiger partial charge in [-0.15, -0.1) is 0 Å². The van der Waals surface area contributed by atoms with E-state index < -0.39 is 0 Å². The first-order valence-corrected chi connectivity index (χ1v) is 8.71. The summed E-state index contributed by atoms with van der Waals surface area (Å²) in [4.78, 5) is 16.9. The predicted octanol–water partition coefficient (Wildman–Crippen LogP) is 4.57. The van der Waals surface area contributed by atoms with Crippen molar-refractivity contribution < 1.29 is 14.3 Å². The van der Waals surface area contributed by atoms with Crippen LogP contribution in [0, 0.1) is 6.92 Å². The topological polar surface area (TPSA) is 72.5 Å². The van der Waals surface area contributed by atoms with E-state index in [1.807, 2.05) is 44.2 Å². The molecular weight excluding hydrogens is 330 g/mol. The molecule has 26 heavy (non-hydrogen) atoms. The van der Waals surface area contributed by atoms with Gasteiger partial charge in [0.1, 0.15) is 11.8 Å². The molecule has 0 fully saturated rings. The standard InChI is InChI=1S/C20H27N3O3/c1-13(2)16-8-6-7-9-17(16)22-20(24)23-18-11-10-14(3)21-19(18)26-15(4)12-25-5/h6-11,13,15H,12H2,1-5H3,(H2,22,23,24). The molecule has 0 aliphatic rings. The van der Waals surface area contributed by atoms with E-state index in [9.17, 15) is 4.79 Å². The second kappa shape index (κ2) is 9.20. The molecule has 0 saturated carbocycles. The maximum atomic E-state index is 12.5. The number of nitrogens with one attached hydrogen (secondary N) is 2. The highest BCUT2D eigenvalue weighted by atomic mass is 16.5. The summed E-state index contributed by atoms with van der Waals surface area (Å²) in [5.41, 5.74) is 3.18. The van der Waals surface area contributed by atoms with Crippen LogP contribution in [0.3, 0.4) is 0 Å². The summed E-state index contributed by atoms with van der Waals surface area (Å²) in [7, 11) is 1.61. The monoisotopic (exact) mass is 357 g/mol. The minimum absolute atomic E-state index is 0.181. The van der Waals surface area contributed by atoms with E-state index in [-0.39, 0.29) is 12.1 Å². The number of pyridine rings is 1. The number of methoxy groups -OCH3 is 1. The predicted molar refractivity (Wildman–Crippen MR) is 104 cm³/mol. The second-order valence-electron chi connectivity index (χ2n) is 6.51. The smallest absolute Gasteiger partial charge is 0.323 e. The number of urea groups is 1. The van der Waals surface area contributed by atoms with Gasteiger partial charge in [-0.3, -0.25) is 0 Å². The van der Waals surface area contributed by atoms with Crippen LogP contribution >= 0.6 is 0 Å². The van der Waals surface area contributed by atoms with Crippen LogP contribution in [0.25, 0.3) is 0 Å². The molecule has 2 N–H and O–H groups in total. The molecule has 1 unspecified atom stereocenters. The van der Waals surface area contributed by atoms with Gasteiger partial charge in [0.05, 0.1) is 6.61 Å². The van der Waals surface area contributed by atoms with E-state index in [2.05, 4.69) is 29.5 Å². The molecule has 0 bridgehead atoms. The lowest BCUT2D eigenvalue weighted by Gasteiger charge is -2.18. The van der Waals surface area contributed by atoms with Gasteiger partial charge in [0.25, 0.3) is 0 Å². The first-order chi connectivity index (χ1) is 12.4. The minimum Gasteiger partial charge on any atom is -0.471 e. The Morgan fingerprint density at radius 1 is 1.08 bits per heavy atom. The van der Waals surface area contributed by atoms with Crippen LogP contribution in [0.4, 0.5) is 16.2 Å². The number of para-hydroxylation sites is 1. The number of aromatic nitrogens is 1. The van der Waals surface area contributed by atoms with Crippen molar-refractivity contribution in [1.29, 1.82) is 0 Å². The highest BCUT2D eigenvalue weighted by Crippen LogP contribution is 2.26. The fraction of sp³-hybridized carbons (Fsp3) is 0.400. The number of anilines is 2. The third kappa shape index (κ3) is 5.46. The zero-order chi connectivity index (χ0) is 19.1. The van der Waals surface area contributed by atoms with E-state index in [0.29, 0.717) is 24.1 Å². The molecule has 1 aromatic heterocycles. The van der Waals surface area contributed by atoms with Crippen LogP contribution in [-0.4, -0.2) is 30.8 Å². The van der Waals surface area contributed by atoms with Crippen LogP contribution in [-0.2, 0) is 4.74 Å². The average Bonchev–Trinajstić information content (AvgIpc) is 2.58. The van der Waals surface area contributed by atoms with Crippen molar-refractivity contribution in [2.75, 3.05) is 24.4 Å². The Labute approximate surface area is 154 Å². The lowest BCUT2D eigenvalue weighted by Crippen LogP contribution is -2.23. The molecule has 1 aromatic carbocycles. The van der Waals surface area contributed by atoms with Gasteiger partial charge in [0.2, 0.25) is 5.88 Å². The van der Waals surface area contributed by atoms with Gasteiger partial charge >= 0.3 is 6.03 Å². The van der Waals surface area contributed by atoms with Gasteiger partial charge in [-0.2, -0.15) is 0 Å². The van der Waals surface area contributed by atoms with Crippen molar-refractivity contribution in [3.05, 3.63) is 47.7 Å². The summed E-state index contributed by atoms with van der Waals surface area (Å²) in [6, 6.07) is 11.0. The molecule has 140 valence electrons. The largest absolute Gasteiger partial charge is 0.471 e. The van der Waals surface area contributed by atoms with E-state index in [1.165, 1.54) is 0 Å². The number of carbonyl (C=O) groups excluding carboxylic acids is 1. The van der Waals surface area contributed by atoms with E-state index in [1.54, 1.807) is 13.2 Å². The average molecular weight is 357 g/mol. The first-order valence-electron chi connectivity index (χ1n) is 8.71. The Kier molecular flexibility index (Phi) is 6.97. The number of rotatable bonds is 7. The van der Waals surface area contributed by atoms with Crippen molar-refractivity contribution in [2.45, 2.75) is 39.7 Å². The molecule has 0 saturated heterocycles. The molecular formula is C20H27N3O3. The lowest BCUT2D eigenvalue weighted by atomic mass is 10.0. The summed E-state index contributed by atoms with van der Waals surface area (Å²) in [5.74, 6) is 0.683. The Morgan fingerprint density at radius 3 is 2.46 bits per heavy atom. The highest BCUT2D eigenvalue weighted by molar-refractivity contribution is 6.01. The fourth-order valence-corrected chi connectivity index (χ4v) is 2.57. The zero-order valence-electron chi connectivity index (χ0n) is 16.0. The molecule has 0 radical (unpaired) electrons. The van der Waals surface area contributed by atoms with Gasteiger partial charge in [0, 0.05) is 18.5 Å². The van der Waals surface area contributed by atoms with E-state index in [0.717, 1.165) is 16.9 Å². The van der Waals surface area contributed by atoms with Crippen LogP contribution in [0.1, 0.15) is 37.9 Å². The molecule has 6 heteroatoms. The molecule has 0 spiro atoms. The number of carbonyl (C=O) groups is 1. The Balaban J connectivity index is 2.14. The number of aryl methyl sites for hydroxylation is 1. The number of benzene rings is 1.